The Hall–Kier alpha value is -1.59. The van der Waals surface area contributed by atoms with Crippen LogP contribution in [-0.2, 0) is 9.53 Å². The highest BCUT2D eigenvalue weighted by Gasteiger charge is 2.45. The van der Waals surface area contributed by atoms with Gasteiger partial charge in [-0.2, -0.15) is 0 Å². The van der Waals surface area contributed by atoms with Gasteiger partial charge in [0.1, 0.15) is 12.4 Å². The molecular weight excluding hydrogens is 232 g/mol. The van der Waals surface area contributed by atoms with Crippen molar-refractivity contribution in [3.05, 3.63) is 24.3 Å². The number of hydrogen-bond donors (Lipinski definition) is 2. The molecule has 0 heterocycles. The molecule has 1 aliphatic carbocycles. The normalized spacial score (nSPS) is 16.1. The molecule has 0 saturated heterocycles. The van der Waals surface area contributed by atoms with Gasteiger partial charge >= 0.3 is 0 Å². The zero-order chi connectivity index (χ0) is 13.0. The zero-order valence-corrected chi connectivity index (χ0v) is 10.4. The lowest BCUT2D eigenvalue weighted by Crippen LogP contribution is -2.37. The minimum atomic E-state index is -0.645. The highest BCUT2D eigenvalue weighted by atomic mass is 16.5. The molecule has 5 heteroatoms. The number of carbonyl (C=O) groups is 1. The number of carbonyl (C=O) groups excluding carboxylic acids is 1. The Labute approximate surface area is 106 Å². The van der Waals surface area contributed by atoms with Crippen LogP contribution in [0.4, 0.5) is 5.69 Å². The number of benzene rings is 1. The summed E-state index contributed by atoms with van der Waals surface area (Å²) in [4.78, 5) is 11.7. The van der Waals surface area contributed by atoms with E-state index in [2.05, 4.69) is 5.32 Å². The van der Waals surface area contributed by atoms with Gasteiger partial charge in [-0.15, -0.1) is 0 Å². The minimum Gasteiger partial charge on any atom is -0.491 e. The Morgan fingerprint density at radius 1 is 1.33 bits per heavy atom. The molecule has 0 aromatic heterocycles. The summed E-state index contributed by atoms with van der Waals surface area (Å²) in [5.74, 6) is 0.634. The van der Waals surface area contributed by atoms with Crippen molar-refractivity contribution in [2.45, 2.75) is 18.4 Å². The third kappa shape index (κ3) is 3.21. The Morgan fingerprint density at radius 3 is 2.56 bits per heavy atom. The summed E-state index contributed by atoms with van der Waals surface area (Å²) in [6, 6.07) is 7.21. The van der Waals surface area contributed by atoms with Crippen LogP contribution in [0.5, 0.6) is 5.75 Å². The molecule has 18 heavy (non-hydrogen) atoms. The average molecular weight is 250 g/mol. The van der Waals surface area contributed by atoms with E-state index in [1.807, 2.05) is 0 Å². The monoisotopic (exact) mass is 250 g/mol. The van der Waals surface area contributed by atoms with E-state index in [1.54, 1.807) is 31.4 Å². The summed E-state index contributed by atoms with van der Waals surface area (Å²) >= 11 is 0. The largest absolute Gasteiger partial charge is 0.491 e. The first-order valence-electron chi connectivity index (χ1n) is 5.96. The first-order chi connectivity index (χ1) is 8.64. The van der Waals surface area contributed by atoms with Gasteiger partial charge in [-0.05, 0) is 37.1 Å². The van der Waals surface area contributed by atoms with E-state index >= 15 is 0 Å². The van der Waals surface area contributed by atoms with Gasteiger partial charge < -0.3 is 20.5 Å². The molecule has 1 aromatic carbocycles. The van der Waals surface area contributed by atoms with Crippen molar-refractivity contribution in [3.8, 4) is 5.75 Å². The number of anilines is 1. The molecule has 5 nitrogen and oxygen atoms in total. The molecule has 0 unspecified atom stereocenters. The van der Waals surface area contributed by atoms with Crippen LogP contribution in [0.25, 0.3) is 0 Å². The Morgan fingerprint density at radius 2 is 2.00 bits per heavy atom. The molecule has 2 rings (SSSR count). The number of hydrogen-bond acceptors (Lipinski definition) is 4. The van der Waals surface area contributed by atoms with Crippen LogP contribution in [0.3, 0.4) is 0 Å². The topological polar surface area (TPSA) is 73.6 Å². The van der Waals surface area contributed by atoms with Crippen LogP contribution in [0.15, 0.2) is 24.3 Å². The summed E-state index contributed by atoms with van der Waals surface area (Å²) < 4.78 is 10.3. The average Bonchev–Trinajstić information content (AvgIpc) is 3.11. The predicted molar refractivity (Wildman–Crippen MR) is 68.6 cm³/mol. The van der Waals surface area contributed by atoms with Crippen LogP contribution in [-0.4, -0.2) is 31.8 Å². The molecule has 3 N–H and O–H groups in total. The molecule has 0 aliphatic heterocycles. The standard InChI is InChI=1S/C13H18N2O3/c1-17-8-9-18-11-4-2-10(3-5-11)15-12(16)13(14)6-7-13/h2-5H,6-9,14H2,1H3,(H,15,16). The smallest absolute Gasteiger partial charge is 0.244 e. The second-order valence-electron chi connectivity index (χ2n) is 4.48. The van der Waals surface area contributed by atoms with Gasteiger partial charge in [0, 0.05) is 12.8 Å². The lowest BCUT2D eigenvalue weighted by molar-refractivity contribution is -0.118. The highest BCUT2D eigenvalue weighted by Crippen LogP contribution is 2.33. The van der Waals surface area contributed by atoms with Gasteiger partial charge in [0.05, 0.1) is 12.1 Å². The second-order valence-corrected chi connectivity index (χ2v) is 4.48. The third-order valence-electron chi connectivity index (χ3n) is 2.91. The van der Waals surface area contributed by atoms with Crippen molar-refractivity contribution in [1.82, 2.24) is 0 Å². The fraction of sp³-hybridized carbons (Fsp3) is 0.462. The van der Waals surface area contributed by atoms with Gasteiger partial charge in [-0.25, -0.2) is 0 Å². The fourth-order valence-electron chi connectivity index (χ4n) is 1.49. The van der Waals surface area contributed by atoms with E-state index in [4.69, 9.17) is 15.2 Å². The number of methoxy groups -OCH3 is 1. The molecular formula is C13H18N2O3. The molecule has 0 spiro atoms. The first-order valence-corrected chi connectivity index (χ1v) is 5.96. The van der Waals surface area contributed by atoms with Crippen LogP contribution < -0.4 is 15.8 Å². The molecule has 1 fully saturated rings. The van der Waals surface area contributed by atoms with Gasteiger partial charge in [0.25, 0.3) is 0 Å². The lowest BCUT2D eigenvalue weighted by atomic mass is 10.2. The van der Waals surface area contributed by atoms with Gasteiger partial charge in [-0.3, -0.25) is 4.79 Å². The summed E-state index contributed by atoms with van der Waals surface area (Å²) in [7, 11) is 1.63. The molecule has 1 saturated carbocycles. The molecule has 1 amide bonds. The van der Waals surface area contributed by atoms with Crippen molar-refractivity contribution in [1.29, 1.82) is 0 Å². The Bertz CT molecular complexity index is 413. The van der Waals surface area contributed by atoms with Gasteiger partial charge in [0.2, 0.25) is 5.91 Å². The molecule has 0 radical (unpaired) electrons. The maximum Gasteiger partial charge on any atom is 0.244 e. The van der Waals surface area contributed by atoms with E-state index in [1.165, 1.54) is 0 Å². The molecule has 1 aliphatic rings. The summed E-state index contributed by atoms with van der Waals surface area (Å²) in [5, 5.41) is 2.79. The molecule has 0 bridgehead atoms. The van der Waals surface area contributed by atoms with Crippen molar-refractivity contribution in [3.63, 3.8) is 0 Å². The van der Waals surface area contributed by atoms with Crippen LogP contribution in [0.1, 0.15) is 12.8 Å². The van der Waals surface area contributed by atoms with E-state index in [9.17, 15) is 4.79 Å². The van der Waals surface area contributed by atoms with E-state index < -0.39 is 5.54 Å². The number of nitrogens with two attached hydrogens (primary N) is 1. The van der Waals surface area contributed by atoms with Crippen LogP contribution >= 0.6 is 0 Å². The van der Waals surface area contributed by atoms with Crippen LogP contribution in [0, 0.1) is 0 Å². The zero-order valence-electron chi connectivity index (χ0n) is 10.4. The van der Waals surface area contributed by atoms with Crippen molar-refractivity contribution in [2.24, 2.45) is 5.73 Å². The van der Waals surface area contributed by atoms with E-state index in [0.717, 1.165) is 24.3 Å². The fourth-order valence-corrected chi connectivity index (χ4v) is 1.49. The third-order valence-corrected chi connectivity index (χ3v) is 2.91. The Balaban J connectivity index is 1.85. The SMILES string of the molecule is COCCOc1ccc(NC(=O)C2(N)CC2)cc1. The molecule has 98 valence electrons. The molecule has 1 aromatic rings. The number of rotatable bonds is 6. The van der Waals surface area contributed by atoms with Crippen LogP contribution in [0.2, 0.25) is 0 Å². The van der Waals surface area contributed by atoms with Crippen molar-refractivity contribution in [2.75, 3.05) is 25.6 Å². The van der Waals surface area contributed by atoms with Crippen molar-refractivity contribution < 1.29 is 14.3 Å². The minimum absolute atomic E-state index is 0.115. The second kappa shape index (κ2) is 5.37. The predicted octanol–water partition coefficient (Wildman–Crippen LogP) is 1.14. The summed E-state index contributed by atoms with van der Waals surface area (Å²) in [6.45, 7) is 1.06. The number of ether oxygens (including phenoxy) is 2. The highest BCUT2D eigenvalue weighted by molar-refractivity contribution is 6.00. The Kier molecular flexibility index (Phi) is 3.84. The number of amides is 1. The maximum atomic E-state index is 11.7. The first kappa shape index (κ1) is 12.9. The lowest BCUT2D eigenvalue weighted by Gasteiger charge is -2.11. The van der Waals surface area contributed by atoms with Crippen molar-refractivity contribution >= 4 is 11.6 Å². The van der Waals surface area contributed by atoms with E-state index in [-0.39, 0.29) is 5.91 Å². The maximum absolute atomic E-state index is 11.7. The van der Waals surface area contributed by atoms with Gasteiger partial charge in [0.15, 0.2) is 0 Å². The summed E-state index contributed by atoms with van der Waals surface area (Å²) in [5.41, 5.74) is 5.89. The number of nitrogens with one attached hydrogen (secondary N) is 1. The quantitative estimate of drug-likeness (QED) is 0.743. The molecule has 0 atom stereocenters. The summed E-state index contributed by atoms with van der Waals surface area (Å²) in [6.07, 6.45) is 1.52. The van der Waals surface area contributed by atoms with E-state index in [0.29, 0.717) is 13.2 Å². The van der Waals surface area contributed by atoms with Gasteiger partial charge in [-0.1, -0.05) is 0 Å².